The number of hydrogen-bond donors (Lipinski definition) is 0. The van der Waals surface area contributed by atoms with Gasteiger partial charge in [-0.05, 0) is 29.8 Å². The van der Waals surface area contributed by atoms with Crippen LogP contribution < -0.4 is 4.74 Å². The number of pyridine rings is 1. The molecule has 1 aromatic heterocycles. The molecule has 19 heavy (non-hydrogen) atoms. The van der Waals surface area contributed by atoms with Gasteiger partial charge in [0.05, 0.1) is 12.1 Å². The molecule has 0 saturated carbocycles. The maximum Gasteiger partial charge on any atom is 0.119 e. The molecule has 2 aromatic carbocycles. The maximum atomic E-state index is 5.69. The summed E-state index contributed by atoms with van der Waals surface area (Å²) in [5, 5.41) is 1.18. The van der Waals surface area contributed by atoms with Crippen molar-refractivity contribution < 1.29 is 4.74 Å². The largest absolute Gasteiger partial charge is 0.493 e. The zero-order chi connectivity index (χ0) is 12.9. The quantitative estimate of drug-likeness (QED) is 0.700. The zero-order valence-electron chi connectivity index (χ0n) is 10.6. The summed E-state index contributed by atoms with van der Waals surface area (Å²) < 4.78 is 5.69. The van der Waals surface area contributed by atoms with Crippen LogP contribution in [0.15, 0.2) is 66.9 Å². The number of benzene rings is 2. The van der Waals surface area contributed by atoms with Crippen LogP contribution >= 0.6 is 0 Å². The van der Waals surface area contributed by atoms with E-state index in [0.29, 0.717) is 6.61 Å². The SMILES string of the molecule is c1ccc(OCCc2cnc3ccccc3c2)cc1. The molecule has 0 N–H and O–H groups in total. The Morgan fingerprint density at radius 1 is 0.895 bits per heavy atom. The Labute approximate surface area is 112 Å². The molecule has 94 valence electrons. The Morgan fingerprint density at radius 3 is 2.58 bits per heavy atom. The molecule has 0 saturated heterocycles. The van der Waals surface area contributed by atoms with Crippen LogP contribution in [-0.2, 0) is 6.42 Å². The Kier molecular flexibility index (Phi) is 3.41. The number of hydrogen-bond acceptors (Lipinski definition) is 2. The smallest absolute Gasteiger partial charge is 0.119 e. The highest BCUT2D eigenvalue weighted by atomic mass is 16.5. The van der Waals surface area contributed by atoms with Gasteiger partial charge in [-0.3, -0.25) is 4.98 Å². The Morgan fingerprint density at radius 2 is 1.68 bits per heavy atom. The van der Waals surface area contributed by atoms with Crippen LogP contribution in [0.5, 0.6) is 5.75 Å². The second-order valence-electron chi connectivity index (χ2n) is 4.45. The van der Waals surface area contributed by atoms with Crippen LogP contribution in [0.1, 0.15) is 5.56 Å². The molecule has 0 unspecified atom stereocenters. The van der Waals surface area contributed by atoms with Crippen LogP contribution in [0.2, 0.25) is 0 Å². The fourth-order valence-corrected chi connectivity index (χ4v) is 2.06. The van der Waals surface area contributed by atoms with Gasteiger partial charge in [-0.25, -0.2) is 0 Å². The van der Waals surface area contributed by atoms with Crippen molar-refractivity contribution in [2.24, 2.45) is 0 Å². The number of fused-ring (bicyclic) bond motifs is 1. The maximum absolute atomic E-state index is 5.69. The lowest BCUT2D eigenvalue weighted by Gasteiger charge is -2.06. The Bertz CT molecular complexity index is 664. The van der Waals surface area contributed by atoms with E-state index < -0.39 is 0 Å². The number of para-hydroxylation sites is 2. The van der Waals surface area contributed by atoms with E-state index in [9.17, 15) is 0 Å². The van der Waals surface area contributed by atoms with Gasteiger partial charge in [0.1, 0.15) is 5.75 Å². The normalized spacial score (nSPS) is 10.5. The molecule has 0 bridgehead atoms. The third-order valence-corrected chi connectivity index (χ3v) is 3.05. The molecule has 0 amide bonds. The minimum absolute atomic E-state index is 0.671. The van der Waals surface area contributed by atoms with Crippen LogP contribution in [0.4, 0.5) is 0 Å². The van der Waals surface area contributed by atoms with E-state index in [0.717, 1.165) is 17.7 Å². The molecule has 0 aliphatic rings. The summed E-state index contributed by atoms with van der Waals surface area (Å²) in [7, 11) is 0. The van der Waals surface area contributed by atoms with Crippen molar-refractivity contribution in [2.75, 3.05) is 6.61 Å². The molecule has 0 atom stereocenters. The second-order valence-corrected chi connectivity index (χ2v) is 4.45. The fourth-order valence-electron chi connectivity index (χ4n) is 2.06. The van der Waals surface area contributed by atoms with Gasteiger partial charge in [0.15, 0.2) is 0 Å². The van der Waals surface area contributed by atoms with Crippen molar-refractivity contribution in [3.8, 4) is 5.75 Å². The van der Waals surface area contributed by atoms with Gasteiger partial charge in [0.25, 0.3) is 0 Å². The molecule has 1 heterocycles. The van der Waals surface area contributed by atoms with E-state index in [1.54, 1.807) is 0 Å². The van der Waals surface area contributed by atoms with Gasteiger partial charge in [-0.1, -0.05) is 36.4 Å². The lowest BCUT2D eigenvalue weighted by molar-refractivity contribution is 0.322. The molecule has 3 rings (SSSR count). The third kappa shape index (κ3) is 2.91. The molecule has 2 heteroatoms. The lowest BCUT2D eigenvalue weighted by Crippen LogP contribution is -2.01. The van der Waals surface area contributed by atoms with Gasteiger partial charge in [0.2, 0.25) is 0 Å². The van der Waals surface area contributed by atoms with Gasteiger partial charge in [-0.15, -0.1) is 0 Å². The van der Waals surface area contributed by atoms with E-state index in [1.165, 1.54) is 10.9 Å². The highest BCUT2D eigenvalue weighted by Crippen LogP contribution is 2.14. The zero-order valence-corrected chi connectivity index (χ0v) is 10.6. The van der Waals surface area contributed by atoms with Crippen LogP contribution in [0.3, 0.4) is 0 Å². The van der Waals surface area contributed by atoms with E-state index in [1.807, 2.05) is 54.7 Å². The van der Waals surface area contributed by atoms with Gasteiger partial charge in [0, 0.05) is 18.0 Å². The molecule has 0 fully saturated rings. The Balaban J connectivity index is 1.65. The fraction of sp³-hybridized carbons (Fsp3) is 0.118. The monoisotopic (exact) mass is 249 g/mol. The summed E-state index contributed by atoms with van der Waals surface area (Å²) in [4.78, 5) is 4.45. The second kappa shape index (κ2) is 5.53. The first-order valence-electron chi connectivity index (χ1n) is 6.43. The molecule has 2 nitrogen and oxygen atoms in total. The summed E-state index contributed by atoms with van der Waals surface area (Å²) in [6.45, 7) is 0.671. The topological polar surface area (TPSA) is 22.1 Å². The molecular weight excluding hydrogens is 234 g/mol. The molecule has 3 aromatic rings. The minimum atomic E-state index is 0.671. The van der Waals surface area contributed by atoms with Crippen LogP contribution in [-0.4, -0.2) is 11.6 Å². The van der Waals surface area contributed by atoms with E-state index in [-0.39, 0.29) is 0 Å². The molecule has 0 spiro atoms. The van der Waals surface area contributed by atoms with Crippen LogP contribution in [0.25, 0.3) is 10.9 Å². The van der Waals surface area contributed by atoms with Crippen molar-refractivity contribution in [3.05, 3.63) is 72.4 Å². The summed E-state index contributed by atoms with van der Waals surface area (Å²) in [6, 6.07) is 20.2. The first-order valence-corrected chi connectivity index (χ1v) is 6.43. The first kappa shape index (κ1) is 11.7. The summed E-state index contributed by atoms with van der Waals surface area (Å²) in [5.74, 6) is 0.913. The van der Waals surface area contributed by atoms with Crippen molar-refractivity contribution in [2.45, 2.75) is 6.42 Å². The molecular formula is C17H15NO. The average molecular weight is 249 g/mol. The van der Waals surface area contributed by atoms with Gasteiger partial charge >= 0.3 is 0 Å². The van der Waals surface area contributed by atoms with E-state index in [4.69, 9.17) is 4.74 Å². The predicted molar refractivity (Wildman–Crippen MR) is 77.4 cm³/mol. The average Bonchev–Trinajstić information content (AvgIpc) is 2.48. The Hall–Kier alpha value is -2.35. The number of ether oxygens (including phenoxy) is 1. The van der Waals surface area contributed by atoms with Crippen molar-refractivity contribution in [1.29, 1.82) is 0 Å². The van der Waals surface area contributed by atoms with E-state index in [2.05, 4.69) is 17.1 Å². The highest BCUT2D eigenvalue weighted by molar-refractivity contribution is 5.78. The third-order valence-electron chi connectivity index (χ3n) is 3.05. The summed E-state index contributed by atoms with van der Waals surface area (Å²) in [6.07, 6.45) is 2.80. The number of aromatic nitrogens is 1. The molecule has 0 radical (unpaired) electrons. The molecule has 0 aliphatic carbocycles. The van der Waals surface area contributed by atoms with Crippen LogP contribution in [0, 0.1) is 0 Å². The van der Waals surface area contributed by atoms with E-state index >= 15 is 0 Å². The van der Waals surface area contributed by atoms with Gasteiger partial charge < -0.3 is 4.74 Å². The predicted octanol–water partition coefficient (Wildman–Crippen LogP) is 3.86. The molecule has 0 aliphatic heterocycles. The number of rotatable bonds is 4. The van der Waals surface area contributed by atoms with Crippen molar-refractivity contribution >= 4 is 10.9 Å². The van der Waals surface area contributed by atoms with Crippen molar-refractivity contribution in [3.63, 3.8) is 0 Å². The lowest BCUT2D eigenvalue weighted by atomic mass is 10.1. The summed E-state index contributed by atoms with van der Waals surface area (Å²) in [5.41, 5.74) is 2.24. The number of nitrogens with zero attached hydrogens (tertiary/aromatic N) is 1. The summed E-state index contributed by atoms with van der Waals surface area (Å²) >= 11 is 0. The minimum Gasteiger partial charge on any atom is -0.493 e. The highest BCUT2D eigenvalue weighted by Gasteiger charge is 1.98. The van der Waals surface area contributed by atoms with Crippen molar-refractivity contribution in [1.82, 2.24) is 4.98 Å². The van der Waals surface area contributed by atoms with Gasteiger partial charge in [-0.2, -0.15) is 0 Å². The standard InChI is InChI=1S/C17H15NO/c1-2-7-16(8-3-1)19-11-10-14-12-15-6-4-5-9-17(15)18-13-14/h1-9,12-13H,10-11H2. The first-order chi connectivity index (χ1) is 9.42.